The molecule has 1 aliphatic rings. The monoisotopic (exact) mass is 307 g/mol. The molecule has 23 heavy (non-hydrogen) atoms. The fraction of sp³-hybridized carbons (Fsp3) is 0.381. The van der Waals surface area contributed by atoms with E-state index in [1.807, 2.05) is 31.2 Å². The van der Waals surface area contributed by atoms with E-state index in [4.69, 9.17) is 0 Å². The quantitative estimate of drug-likeness (QED) is 0.867. The van der Waals surface area contributed by atoms with Crippen molar-refractivity contribution >= 4 is 5.91 Å². The van der Waals surface area contributed by atoms with Crippen LogP contribution in [0.5, 0.6) is 0 Å². The molecule has 2 aromatic carbocycles. The predicted molar refractivity (Wildman–Crippen MR) is 94.8 cm³/mol. The number of nitrogens with one attached hydrogen (secondary N) is 1. The maximum Gasteiger partial charge on any atom is 0.252 e. The molecule has 3 rings (SSSR count). The van der Waals surface area contributed by atoms with Crippen molar-refractivity contribution in [1.82, 2.24) is 5.32 Å². The molecule has 2 heteroatoms. The summed E-state index contributed by atoms with van der Waals surface area (Å²) in [4.78, 5) is 12.6. The highest BCUT2D eigenvalue weighted by atomic mass is 16.1. The topological polar surface area (TPSA) is 29.1 Å². The van der Waals surface area contributed by atoms with E-state index < -0.39 is 0 Å². The fourth-order valence-corrected chi connectivity index (χ4v) is 3.45. The van der Waals surface area contributed by atoms with E-state index in [1.54, 1.807) is 0 Å². The van der Waals surface area contributed by atoms with Gasteiger partial charge in [0.25, 0.3) is 5.91 Å². The Balaban J connectivity index is 1.80. The first-order valence-electron chi connectivity index (χ1n) is 8.67. The number of carbonyl (C=O) groups excluding carboxylic acids is 1. The number of aryl methyl sites for hydroxylation is 3. The summed E-state index contributed by atoms with van der Waals surface area (Å²) >= 11 is 0. The van der Waals surface area contributed by atoms with Crippen molar-refractivity contribution in [2.45, 2.75) is 52.0 Å². The standard InChI is InChI=1S/C21H25NO/c1-3-20(22-21(23)19-11-7-4-8-15(19)2)18-13-12-16-9-5-6-10-17(16)14-18/h4,7-8,11-14,20H,3,5-6,9-10H2,1-2H3,(H,22,23)/t20-/m0/s1. The number of benzene rings is 2. The number of hydrogen-bond donors (Lipinski definition) is 1. The lowest BCUT2D eigenvalue weighted by atomic mass is 9.88. The van der Waals surface area contributed by atoms with E-state index >= 15 is 0 Å². The van der Waals surface area contributed by atoms with E-state index in [-0.39, 0.29) is 11.9 Å². The first-order chi connectivity index (χ1) is 11.2. The summed E-state index contributed by atoms with van der Waals surface area (Å²) < 4.78 is 0. The van der Waals surface area contributed by atoms with E-state index in [0.717, 1.165) is 17.5 Å². The van der Waals surface area contributed by atoms with Gasteiger partial charge in [-0.05, 0) is 67.3 Å². The first kappa shape index (κ1) is 15.8. The van der Waals surface area contributed by atoms with Gasteiger partial charge in [-0.3, -0.25) is 4.79 Å². The lowest BCUT2D eigenvalue weighted by Crippen LogP contribution is -2.28. The average molecular weight is 307 g/mol. The van der Waals surface area contributed by atoms with Crippen LogP contribution < -0.4 is 5.32 Å². The maximum absolute atomic E-state index is 12.6. The molecule has 0 saturated carbocycles. The molecule has 0 radical (unpaired) electrons. The van der Waals surface area contributed by atoms with Crippen LogP contribution in [0.1, 0.15) is 64.8 Å². The van der Waals surface area contributed by atoms with Gasteiger partial charge < -0.3 is 5.32 Å². The van der Waals surface area contributed by atoms with Gasteiger partial charge >= 0.3 is 0 Å². The molecular weight excluding hydrogens is 282 g/mol. The second-order valence-electron chi connectivity index (χ2n) is 6.48. The van der Waals surface area contributed by atoms with Crippen LogP contribution in [0.15, 0.2) is 42.5 Å². The number of fused-ring (bicyclic) bond motifs is 1. The van der Waals surface area contributed by atoms with Crippen molar-refractivity contribution in [2.24, 2.45) is 0 Å². The molecule has 0 heterocycles. The van der Waals surface area contributed by atoms with Crippen molar-refractivity contribution in [3.63, 3.8) is 0 Å². The normalized spacial score (nSPS) is 14.9. The Morgan fingerprint density at radius 3 is 2.57 bits per heavy atom. The third-order valence-electron chi connectivity index (χ3n) is 4.88. The van der Waals surface area contributed by atoms with E-state index in [2.05, 4.69) is 30.4 Å². The molecule has 0 bridgehead atoms. The van der Waals surface area contributed by atoms with E-state index in [0.29, 0.717) is 0 Å². The van der Waals surface area contributed by atoms with Gasteiger partial charge in [0.2, 0.25) is 0 Å². The smallest absolute Gasteiger partial charge is 0.252 e. The molecule has 0 saturated heterocycles. The highest BCUT2D eigenvalue weighted by Crippen LogP contribution is 2.26. The minimum atomic E-state index is 0.0210. The number of rotatable bonds is 4. The van der Waals surface area contributed by atoms with Gasteiger partial charge in [-0.15, -0.1) is 0 Å². The minimum absolute atomic E-state index is 0.0210. The maximum atomic E-state index is 12.6. The minimum Gasteiger partial charge on any atom is -0.345 e. The van der Waals surface area contributed by atoms with Crippen molar-refractivity contribution in [1.29, 1.82) is 0 Å². The van der Waals surface area contributed by atoms with Gasteiger partial charge in [-0.1, -0.05) is 43.3 Å². The van der Waals surface area contributed by atoms with Crippen LogP contribution in [0.25, 0.3) is 0 Å². The third kappa shape index (κ3) is 3.47. The molecule has 1 N–H and O–H groups in total. The van der Waals surface area contributed by atoms with Gasteiger partial charge in [-0.2, -0.15) is 0 Å². The fourth-order valence-electron chi connectivity index (χ4n) is 3.45. The molecule has 1 atom stereocenters. The molecule has 0 unspecified atom stereocenters. The SMILES string of the molecule is CC[C@H](NC(=O)c1ccccc1C)c1ccc2c(c1)CCCC2. The molecule has 0 spiro atoms. The van der Waals surface area contributed by atoms with Crippen molar-refractivity contribution in [3.05, 3.63) is 70.3 Å². The lowest BCUT2D eigenvalue weighted by Gasteiger charge is -2.22. The summed E-state index contributed by atoms with van der Waals surface area (Å²) in [6, 6.07) is 14.6. The number of carbonyl (C=O) groups is 1. The summed E-state index contributed by atoms with van der Waals surface area (Å²) in [5.74, 6) is 0.0210. The van der Waals surface area contributed by atoms with Gasteiger partial charge in [0.05, 0.1) is 6.04 Å². The number of hydrogen-bond acceptors (Lipinski definition) is 1. The Kier molecular flexibility index (Phi) is 4.80. The Labute approximate surface area is 138 Å². The van der Waals surface area contributed by atoms with Crippen LogP contribution >= 0.6 is 0 Å². The van der Waals surface area contributed by atoms with Gasteiger partial charge in [0, 0.05) is 5.56 Å². The Morgan fingerprint density at radius 2 is 1.83 bits per heavy atom. The van der Waals surface area contributed by atoms with Crippen molar-refractivity contribution in [2.75, 3.05) is 0 Å². The first-order valence-corrected chi connectivity index (χ1v) is 8.67. The predicted octanol–water partition coefficient (Wildman–Crippen LogP) is 4.75. The highest BCUT2D eigenvalue weighted by Gasteiger charge is 2.17. The number of amides is 1. The third-order valence-corrected chi connectivity index (χ3v) is 4.88. The van der Waals surface area contributed by atoms with Crippen LogP contribution in [0, 0.1) is 6.92 Å². The van der Waals surface area contributed by atoms with E-state index in [9.17, 15) is 4.79 Å². The van der Waals surface area contributed by atoms with Gasteiger partial charge in [0.1, 0.15) is 0 Å². The Bertz CT molecular complexity index is 705. The Morgan fingerprint density at radius 1 is 1.09 bits per heavy atom. The summed E-state index contributed by atoms with van der Waals surface area (Å²) in [7, 11) is 0. The summed E-state index contributed by atoms with van der Waals surface area (Å²) in [5, 5.41) is 3.21. The van der Waals surface area contributed by atoms with Gasteiger partial charge in [-0.25, -0.2) is 0 Å². The van der Waals surface area contributed by atoms with Gasteiger partial charge in [0.15, 0.2) is 0 Å². The molecule has 0 aromatic heterocycles. The zero-order valence-electron chi connectivity index (χ0n) is 14.1. The van der Waals surface area contributed by atoms with Crippen LogP contribution in [-0.4, -0.2) is 5.91 Å². The second-order valence-corrected chi connectivity index (χ2v) is 6.48. The zero-order valence-corrected chi connectivity index (χ0v) is 14.1. The van der Waals surface area contributed by atoms with Crippen molar-refractivity contribution < 1.29 is 4.79 Å². The average Bonchev–Trinajstić information content (AvgIpc) is 2.59. The molecule has 1 aliphatic carbocycles. The summed E-state index contributed by atoms with van der Waals surface area (Å²) in [5.41, 5.74) is 5.97. The van der Waals surface area contributed by atoms with Crippen LogP contribution in [-0.2, 0) is 12.8 Å². The molecule has 2 aromatic rings. The van der Waals surface area contributed by atoms with E-state index in [1.165, 1.54) is 42.4 Å². The summed E-state index contributed by atoms with van der Waals surface area (Å²) in [6.07, 6.45) is 5.85. The lowest BCUT2D eigenvalue weighted by molar-refractivity contribution is 0.0935. The molecule has 1 amide bonds. The molecular formula is C21H25NO. The molecule has 2 nitrogen and oxygen atoms in total. The van der Waals surface area contributed by atoms with Crippen molar-refractivity contribution in [3.8, 4) is 0 Å². The summed E-state index contributed by atoms with van der Waals surface area (Å²) in [6.45, 7) is 4.11. The van der Waals surface area contributed by atoms with Crippen LogP contribution in [0.3, 0.4) is 0 Å². The molecule has 0 aliphatic heterocycles. The zero-order chi connectivity index (χ0) is 16.2. The molecule has 120 valence electrons. The highest BCUT2D eigenvalue weighted by molar-refractivity contribution is 5.95. The van der Waals surface area contributed by atoms with Crippen LogP contribution in [0.4, 0.5) is 0 Å². The van der Waals surface area contributed by atoms with Crippen LogP contribution in [0.2, 0.25) is 0 Å². The second kappa shape index (κ2) is 6.99. The Hall–Kier alpha value is -2.09. The largest absolute Gasteiger partial charge is 0.345 e. The molecule has 0 fully saturated rings.